The highest BCUT2D eigenvalue weighted by molar-refractivity contribution is 5.94. The number of aromatic nitrogens is 4. The molecule has 0 unspecified atom stereocenters. The van der Waals surface area contributed by atoms with Gasteiger partial charge in [0.2, 0.25) is 5.91 Å². The molecule has 0 aliphatic carbocycles. The summed E-state index contributed by atoms with van der Waals surface area (Å²) >= 11 is 0. The largest absolute Gasteiger partial charge is 0.370 e. The lowest BCUT2D eigenvalue weighted by Gasteiger charge is -2.06. The zero-order valence-electron chi connectivity index (χ0n) is 11.7. The van der Waals surface area contributed by atoms with Crippen LogP contribution in [-0.4, -0.2) is 50.5 Å². The van der Waals surface area contributed by atoms with Crippen LogP contribution >= 0.6 is 0 Å². The first-order valence-electron chi connectivity index (χ1n) is 6.44. The van der Waals surface area contributed by atoms with Gasteiger partial charge in [-0.1, -0.05) is 11.7 Å². The van der Waals surface area contributed by atoms with Crippen molar-refractivity contribution in [3.05, 3.63) is 12.2 Å². The second kappa shape index (κ2) is 8.04. The van der Waals surface area contributed by atoms with E-state index in [1.165, 1.54) is 0 Å². The van der Waals surface area contributed by atoms with Crippen LogP contribution in [0.3, 0.4) is 0 Å². The number of hydrogen-bond acceptors (Lipinski definition) is 7. The van der Waals surface area contributed by atoms with E-state index >= 15 is 0 Å². The Balaban J connectivity index is 2.51. The van der Waals surface area contributed by atoms with E-state index in [4.69, 9.17) is 11.5 Å². The van der Waals surface area contributed by atoms with Crippen molar-refractivity contribution in [1.29, 1.82) is 0 Å². The van der Waals surface area contributed by atoms with Gasteiger partial charge in [-0.3, -0.25) is 9.59 Å². The summed E-state index contributed by atoms with van der Waals surface area (Å²) in [5.41, 5.74) is 10.6. The monoisotopic (exact) mass is 296 g/mol. The third-order valence-electron chi connectivity index (χ3n) is 2.48. The predicted molar refractivity (Wildman–Crippen MR) is 71.7 cm³/mol. The van der Waals surface area contributed by atoms with Gasteiger partial charge >= 0.3 is 6.03 Å². The van der Waals surface area contributed by atoms with Gasteiger partial charge in [-0.25, -0.2) is 4.79 Å². The first-order chi connectivity index (χ1) is 9.93. The lowest BCUT2D eigenvalue weighted by Crippen LogP contribution is -2.32. The molecule has 0 fully saturated rings. The van der Waals surface area contributed by atoms with E-state index in [9.17, 15) is 14.4 Å². The Labute approximate surface area is 121 Å². The second-order valence-electron chi connectivity index (χ2n) is 4.33. The molecule has 1 atom stereocenters. The van der Waals surface area contributed by atoms with Crippen LogP contribution < -0.4 is 16.8 Å². The molecule has 0 bridgehead atoms. The highest BCUT2D eigenvalue weighted by atomic mass is 16.2. The Bertz CT molecular complexity index is 514. The number of carbonyl (C=O) groups is 3. The molecule has 1 radical (unpaired) electrons. The standard InChI is InChI=1S/C11H18N7O3/c1-2-5-14-11(21)18-16-10(15-17-18)6-8(19)7(12)3-4-9(13)20/h6-7H,2-5,12H2,1H3,(H2,13,20)(H,14,21)/t7-/m0/s1. The Kier molecular flexibility index (Phi) is 6.40. The van der Waals surface area contributed by atoms with E-state index in [0.29, 0.717) is 6.54 Å². The smallest absolute Gasteiger partial charge is 0.360 e. The van der Waals surface area contributed by atoms with Gasteiger partial charge in [0.05, 0.1) is 6.04 Å². The van der Waals surface area contributed by atoms with Crippen LogP contribution in [0.15, 0.2) is 0 Å². The fourth-order valence-corrected chi connectivity index (χ4v) is 1.35. The molecule has 0 aromatic carbocycles. The van der Waals surface area contributed by atoms with Gasteiger partial charge in [0, 0.05) is 13.0 Å². The van der Waals surface area contributed by atoms with Crippen molar-refractivity contribution in [3.63, 3.8) is 0 Å². The van der Waals surface area contributed by atoms with E-state index in [0.717, 1.165) is 17.6 Å². The summed E-state index contributed by atoms with van der Waals surface area (Å²) in [4.78, 5) is 34.6. The number of rotatable bonds is 8. The number of amides is 2. The minimum Gasteiger partial charge on any atom is -0.370 e. The summed E-state index contributed by atoms with van der Waals surface area (Å²) in [5, 5.41) is 13.4. The van der Waals surface area contributed by atoms with Gasteiger partial charge in [-0.15, -0.1) is 10.2 Å². The molecule has 0 spiro atoms. The molecule has 0 aliphatic heterocycles. The van der Waals surface area contributed by atoms with E-state index in [-0.39, 0.29) is 18.7 Å². The summed E-state index contributed by atoms with van der Waals surface area (Å²) < 4.78 is 0. The molecule has 5 N–H and O–H groups in total. The van der Waals surface area contributed by atoms with Gasteiger partial charge in [0.1, 0.15) is 6.42 Å². The lowest BCUT2D eigenvalue weighted by molar-refractivity contribution is -0.119. The molecule has 1 aromatic heterocycles. The Morgan fingerprint density at radius 3 is 2.76 bits per heavy atom. The first-order valence-corrected chi connectivity index (χ1v) is 6.44. The van der Waals surface area contributed by atoms with E-state index < -0.39 is 23.8 Å². The molecule has 1 heterocycles. The molecule has 10 nitrogen and oxygen atoms in total. The van der Waals surface area contributed by atoms with Crippen LogP contribution in [0.5, 0.6) is 0 Å². The van der Waals surface area contributed by atoms with Crippen molar-refractivity contribution in [3.8, 4) is 0 Å². The summed E-state index contributed by atoms with van der Waals surface area (Å²) in [6.45, 7) is 2.39. The van der Waals surface area contributed by atoms with E-state index in [2.05, 4.69) is 20.7 Å². The van der Waals surface area contributed by atoms with Crippen LogP contribution in [0.1, 0.15) is 32.0 Å². The van der Waals surface area contributed by atoms with E-state index in [1.807, 2.05) is 6.92 Å². The zero-order valence-corrected chi connectivity index (χ0v) is 11.7. The number of primary amides is 1. The van der Waals surface area contributed by atoms with Crippen LogP contribution in [0.4, 0.5) is 4.79 Å². The van der Waals surface area contributed by atoms with Crippen LogP contribution in [-0.2, 0) is 9.59 Å². The van der Waals surface area contributed by atoms with Crippen LogP contribution in [0.2, 0.25) is 0 Å². The molecular weight excluding hydrogens is 278 g/mol. The minimum atomic E-state index is -0.877. The topological polar surface area (TPSA) is 159 Å². The number of Topliss-reactive ketones (excluding diaryl/α,β-unsaturated/α-hetero) is 1. The number of hydrogen-bond donors (Lipinski definition) is 3. The quantitative estimate of drug-likeness (QED) is 0.518. The summed E-state index contributed by atoms with van der Waals surface area (Å²) in [5.74, 6) is -1.03. The van der Waals surface area contributed by atoms with Crippen molar-refractivity contribution >= 4 is 17.7 Å². The van der Waals surface area contributed by atoms with Gasteiger partial charge in [0.25, 0.3) is 0 Å². The molecule has 0 aliphatic rings. The van der Waals surface area contributed by atoms with Crippen molar-refractivity contribution in [1.82, 2.24) is 25.5 Å². The molecule has 2 amide bonds. The molecule has 1 rings (SSSR count). The predicted octanol–water partition coefficient (Wildman–Crippen LogP) is -1.64. The summed E-state index contributed by atoms with van der Waals surface area (Å²) in [6.07, 6.45) is 1.99. The molecule has 115 valence electrons. The zero-order chi connectivity index (χ0) is 15.8. The molecule has 1 aromatic rings. The number of nitrogens with zero attached hydrogens (tertiary/aromatic N) is 4. The third kappa shape index (κ3) is 5.65. The number of nitrogens with one attached hydrogen (secondary N) is 1. The van der Waals surface area contributed by atoms with Gasteiger partial charge in [-0.05, 0) is 18.1 Å². The minimum absolute atomic E-state index is 0.0142. The maximum absolute atomic E-state index is 11.7. The van der Waals surface area contributed by atoms with E-state index in [1.54, 1.807) is 0 Å². The normalized spacial score (nSPS) is 11.9. The molecule has 0 saturated heterocycles. The van der Waals surface area contributed by atoms with Crippen LogP contribution in [0, 0.1) is 6.42 Å². The Hall–Kier alpha value is -2.36. The van der Waals surface area contributed by atoms with Crippen molar-refractivity contribution in [2.24, 2.45) is 11.5 Å². The highest BCUT2D eigenvalue weighted by Gasteiger charge is 2.19. The maximum atomic E-state index is 11.7. The average molecular weight is 296 g/mol. The lowest BCUT2D eigenvalue weighted by atomic mass is 10.1. The average Bonchev–Trinajstić information content (AvgIpc) is 2.90. The highest BCUT2D eigenvalue weighted by Crippen LogP contribution is 2.01. The van der Waals surface area contributed by atoms with Gasteiger partial charge < -0.3 is 16.8 Å². The van der Waals surface area contributed by atoms with Crippen molar-refractivity contribution < 1.29 is 14.4 Å². The fraction of sp³-hybridized carbons (Fsp3) is 0.545. The SMILES string of the molecule is CCCNC(=O)n1nnc([CH]C(=O)[C@@H](N)CCC(N)=O)n1. The molecule has 10 heteroatoms. The summed E-state index contributed by atoms with van der Waals surface area (Å²) in [6, 6.07) is -1.41. The molecule has 21 heavy (non-hydrogen) atoms. The molecule has 0 saturated carbocycles. The summed E-state index contributed by atoms with van der Waals surface area (Å²) in [7, 11) is 0. The maximum Gasteiger partial charge on any atom is 0.360 e. The number of nitrogens with two attached hydrogens (primary N) is 2. The second-order valence-corrected chi connectivity index (χ2v) is 4.33. The fourth-order valence-electron chi connectivity index (χ4n) is 1.35. The Morgan fingerprint density at radius 1 is 1.43 bits per heavy atom. The first kappa shape index (κ1) is 16.7. The number of carbonyl (C=O) groups excluding carboxylic acids is 3. The Morgan fingerprint density at radius 2 is 2.14 bits per heavy atom. The van der Waals surface area contributed by atoms with Crippen molar-refractivity contribution in [2.45, 2.75) is 32.2 Å². The van der Waals surface area contributed by atoms with Crippen LogP contribution in [0.25, 0.3) is 0 Å². The van der Waals surface area contributed by atoms with Gasteiger partial charge in [0.15, 0.2) is 11.6 Å². The van der Waals surface area contributed by atoms with Gasteiger partial charge in [-0.2, -0.15) is 0 Å². The number of tetrazole rings is 1. The third-order valence-corrected chi connectivity index (χ3v) is 2.48. The molecular formula is C11H18N7O3. The number of ketones is 1. The van der Waals surface area contributed by atoms with Crippen molar-refractivity contribution in [2.75, 3.05) is 6.54 Å².